The molecule has 0 fully saturated rings. The van der Waals surface area contributed by atoms with Crippen LogP contribution in [0.1, 0.15) is 26.7 Å². The maximum absolute atomic E-state index is 9.86. The Balaban J connectivity index is 2.96. The smallest absolute Gasteiger partial charge is 0.120 e. The van der Waals surface area contributed by atoms with E-state index in [9.17, 15) is 4.79 Å². The molecule has 0 saturated heterocycles. The van der Waals surface area contributed by atoms with Crippen LogP contribution in [0.15, 0.2) is 0 Å². The molecular formula is C7H14OS. The average Bonchev–Trinajstić information content (AvgIpc) is 1.89. The Bertz CT molecular complexity index is 73.3. The van der Waals surface area contributed by atoms with E-state index in [1.54, 1.807) is 0 Å². The highest BCUT2D eigenvalue weighted by molar-refractivity contribution is 7.99. The normalized spacial score (nSPS) is 13.1. The van der Waals surface area contributed by atoms with Crippen molar-refractivity contribution < 1.29 is 4.79 Å². The lowest BCUT2D eigenvalue weighted by molar-refractivity contribution is -0.107. The summed E-state index contributed by atoms with van der Waals surface area (Å²) in [5.41, 5.74) is 0. The van der Waals surface area contributed by atoms with Gasteiger partial charge in [-0.3, -0.25) is 0 Å². The first kappa shape index (κ1) is 9.02. The lowest BCUT2D eigenvalue weighted by Gasteiger charge is -2.04. The van der Waals surface area contributed by atoms with Crippen LogP contribution in [0.25, 0.3) is 0 Å². The lowest BCUT2D eigenvalue weighted by atomic mass is 10.4. The third-order valence-electron chi connectivity index (χ3n) is 1.21. The molecule has 0 aliphatic heterocycles. The van der Waals surface area contributed by atoms with Crippen LogP contribution in [-0.2, 0) is 4.79 Å². The zero-order chi connectivity index (χ0) is 7.11. The quantitative estimate of drug-likeness (QED) is 0.436. The number of thioether (sulfide) groups is 1. The van der Waals surface area contributed by atoms with E-state index in [0.717, 1.165) is 12.0 Å². The first-order valence-electron chi connectivity index (χ1n) is 3.36. The molecule has 54 valence electrons. The topological polar surface area (TPSA) is 17.1 Å². The largest absolute Gasteiger partial charge is 0.303 e. The van der Waals surface area contributed by atoms with Gasteiger partial charge in [0.25, 0.3) is 0 Å². The van der Waals surface area contributed by atoms with Gasteiger partial charge in [-0.2, -0.15) is 11.8 Å². The molecule has 0 aromatic rings. The Hall–Kier alpha value is 0.0200. The number of rotatable bonds is 5. The zero-order valence-corrected chi connectivity index (χ0v) is 6.91. The van der Waals surface area contributed by atoms with E-state index in [1.807, 2.05) is 11.8 Å². The maximum atomic E-state index is 9.86. The van der Waals surface area contributed by atoms with Gasteiger partial charge in [-0.05, 0) is 6.42 Å². The standard InChI is InChI=1S/C7H14OS/c1-3-7(2)9-6-4-5-8/h5,7H,3-4,6H2,1-2H3. The van der Waals surface area contributed by atoms with E-state index in [0.29, 0.717) is 11.7 Å². The maximum Gasteiger partial charge on any atom is 0.120 e. The monoisotopic (exact) mass is 146 g/mol. The lowest BCUT2D eigenvalue weighted by Crippen LogP contribution is -1.94. The number of carbonyl (C=O) groups excluding carboxylic acids is 1. The molecular weight excluding hydrogens is 132 g/mol. The summed E-state index contributed by atoms with van der Waals surface area (Å²) in [5.74, 6) is 0.985. The molecule has 0 aromatic carbocycles. The first-order valence-corrected chi connectivity index (χ1v) is 4.41. The van der Waals surface area contributed by atoms with Crippen LogP contribution in [0.2, 0.25) is 0 Å². The van der Waals surface area contributed by atoms with Crippen molar-refractivity contribution in [2.45, 2.75) is 31.9 Å². The van der Waals surface area contributed by atoms with Crippen LogP contribution in [0.3, 0.4) is 0 Å². The number of carbonyl (C=O) groups is 1. The van der Waals surface area contributed by atoms with Gasteiger partial charge in [-0.1, -0.05) is 13.8 Å². The van der Waals surface area contributed by atoms with Crippen molar-refractivity contribution in [3.05, 3.63) is 0 Å². The van der Waals surface area contributed by atoms with Gasteiger partial charge in [-0.25, -0.2) is 0 Å². The van der Waals surface area contributed by atoms with E-state index in [1.165, 1.54) is 6.42 Å². The summed E-state index contributed by atoms with van der Waals surface area (Å²) in [6.45, 7) is 4.36. The average molecular weight is 146 g/mol. The molecule has 0 N–H and O–H groups in total. The molecule has 1 unspecified atom stereocenters. The van der Waals surface area contributed by atoms with E-state index < -0.39 is 0 Å². The second kappa shape index (κ2) is 6.14. The summed E-state index contributed by atoms with van der Waals surface area (Å²) < 4.78 is 0. The van der Waals surface area contributed by atoms with E-state index in [4.69, 9.17) is 0 Å². The minimum atomic E-state index is 0.703. The van der Waals surface area contributed by atoms with Crippen molar-refractivity contribution in [1.29, 1.82) is 0 Å². The molecule has 0 bridgehead atoms. The summed E-state index contributed by atoms with van der Waals surface area (Å²) in [6.07, 6.45) is 2.88. The van der Waals surface area contributed by atoms with Crippen LogP contribution in [-0.4, -0.2) is 17.3 Å². The Kier molecular flexibility index (Phi) is 6.16. The third kappa shape index (κ3) is 5.90. The zero-order valence-electron chi connectivity index (χ0n) is 6.09. The number of hydrogen-bond acceptors (Lipinski definition) is 2. The molecule has 0 radical (unpaired) electrons. The highest BCUT2D eigenvalue weighted by Gasteiger charge is 1.96. The van der Waals surface area contributed by atoms with E-state index in [2.05, 4.69) is 13.8 Å². The fourth-order valence-electron chi connectivity index (χ4n) is 0.435. The van der Waals surface area contributed by atoms with Crippen molar-refractivity contribution in [2.24, 2.45) is 0 Å². The van der Waals surface area contributed by atoms with Gasteiger partial charge >= 0.3 is 0 Å². The van der Waals surface area contributed by atoms with Crippen LogP contribution in [0.5, 0.6) is 0 Å². The molecule has 0 aliphatic rings. The molecule has 0 aliphatic carbocycles. The fourth-order valence-corrected chi connectivity index (χ4v) is 1.31. The summed E-state index contributed by atoms with van der Waals surface area (Å²) in [5, 5.41) is 0.713. The fraction of sp³-hybridized carbons (Fsp3) is 0.857. The summed E-state index contributed by atoms with van der Waals surface area (Å²) in [6, 6.07) is 0. The highest BCUT2D eigenvalue weighted by Crippen LogP contribution is 2.13. The molecule has 1 nitrogen and oxygen atoms in total. The van der Waals surface area contributed by atoms with Crippen LogP contribution in [0.4, 0.5) is 0 Å². The molecule has 0 aromatic heterocycles. The van der Waals surface area contributed by atoms with Gasteiger partial charge in [0.05, 0.1) is 0 Å². The predicted octanol–water partition coefficient (Wildman–Crippen LogP) is 2.11. The summed E-state index contributed by atoms with van der Waals surface area (Å²) in [4.78, 5) is 9.86. The Morgan fingerprint density at radius 3 is 2.78 bits per heavy atom. The minimum absolute atomic E-state index is 0.703. The molecule has 0 saturated carbocycles. The molecule has 0 heterocycles. The molecule has 0 rings (SSSR count). The van der Waals surface area contributed by atoms with Gasteiger partial charge in [0.1, 0.15) is 6.29 Å². The molecule has 0 spiro atoms. The molecule has 0 amide bonds. The van der Waals surface area contributed by atoms with Crippen molar-refractivity contribution in [2.75, 3.05) is 5.75 Å². The number of hydrogen-bond donors (Lipinski definition) is 0. The first-order chi connectivity index (χ1) is 4.31. The molecule has 9 heavy (non-hydrogen) atoms. The minimum Gasteiger partial charge on any atom is -0.303 e. The number of aldehydes is 1. The van der Waals surface area contributed by atoms with Crippen molar-refractivity contribution in [1.82, 2.24) is 0 Å². The SMILES string of the molecule is CCC(C)SCCC=O. The predicted molar refractivity (Wildman–Crippen MR) is 42.9 cm³/mol. The van der Waals surface area contributed by atoms with Crippen molar-refractivity contribution >= 4 is 18.0 Å². The molecule has 2 heteroatoms. The van der Waals surface area contributed by atoms with Gasteiger partial charge in [-0.15, -0.1) is 0 Å². The van der Waals surface area contributed by atoms with Crippen molar-refractivity contribution in [3.8, 4) is 0 Å². The Labute approximate surface area is 61.2 Å². The second-order valence-electron chi connectivity index (χ2n) is 2.04. The van der Waals surface area contributed by atoms with Crippen LogP contribution in [0, 0.1) is 0 Å². The second-order valence-corrected chi connectivity index (χ2v) is 3.59. The Morgan fingerprint density at radius 2 is 2.33 bits per heavy atom. The van der Waals surface area contributed by atoms with Gasteiger partial charge < -0.3 is 4.79 Å². The molecule has 1 atom stereocenters. The van der Waals surface area contributed by atoms with Crippen molar-refractivity contribution in [3.63, 3.8) is 0 Å². The van der Waals surface area contributed by atoms with Crippen LogP contribution >= 0.6 is 11.8 Å². The van der Waals surface area contributed by atoms with Gasteiger partial charge in [0.2, 0.25) is 0 Å². The third-order valence-corrected chi connectivity index (χ3v) is 2.59. The Morgan fingerprint density at radius 1 is 1.67 bits per heavy atom. The van der Waals surface area contributed by atoms with E-state index in [-0.39, 0.29) is 0 Å². The van der Waals surface area contributed by atoms with Gasteiger partial charge in [0, 0.05) is 17.4 Å². The highest BCUT2D eigenvalue weighted by atomic mass is 32.2. The summed E-state index contributed by atoms with van der Waals surface area (Å²) >= 11 is 1.87. The van der Waals surface area contributed by atoms with Crippen LogP contribution < -0.4 is 0 Å². The van der Waals surface area contributed by atoms with E-state index >= 15 is 0 Å². The summed E-state index contributed by atoms with van der Waals surface area (Å²) in [7, 11) is 0. The van der Waals surface area contributed by atoms with Gasteiger partial charge in [0.15, 0.2) is 0 Å².